The number of nitrogens with zero attached hydrogens (tertiary/aromatic N) is 5. The van der Waals surface area contributed by atoms with E-state index in [0.29, 0.717) is 17.6 Å². The second-order valence-corrected chi connectivity index (χ2v) is 15.6. The average Bonchev–Trinajstić information content (AvgIpc) is 3.87. The molecule has 12 aromatic rings. The van der Waals surface area contributed by atoms with Crippen molar-refractivity contribution >= 4 is 43.6 Å². The van der Waals surface area contributed by atoms with Crippen molar-refractivity contribution < 1.29 is 0 Å². The van der Waals surface area contributed by atoms with E-state index in [-0.39, 0.29) is 0 Å². The van der Waals surface area contributed by atoms with Crippen LogP contribution in [-0.2, 0) is 0 Å². The van der Waals surface area contributed by atoms with Crippen LogP contribution >= 0.6 is 0 Å². The minimum Gasteiger partial charge on any atom is -0.307 e. The number of rotatable bonds is 7. The van der Waals surface area contributed by atoms with Crippen molar-refractivity contribution in [2.45, 2.75) is 0 Å². The van der Waals surface area contributed by atoms with Crippen LogP contribution in [0.5, 0.6) is 0 Å². The molecule has 3 aromatic heterocycles. The molecule has 0 bridgehead atoms. The van der Waals surface area contributed by atoms with Crippen molar-refractivity contribution in [1.82, 2.24) is 24.1 Å². The Morgan fingerprint density at radius 3 is 1.42 bits per heavy atom. The number of benzene rings is 9. The van der Waals surface area contributed by atoms with E-state index in [1.807, 2.05) is 24.3 Å². The summed E-state index contributed by atoms with van der Waals surface area (Å²) in [4.78, 5) is 15.8. The van der Waals surface area contributed by atoms with Crippen molar-refractivity contribution in [3.63, 3.8) is 0 Å². The molecule has 0 saturated heterocycles. The summed E-state index contributed by atoms with van der Waals surface area (Å²) < 4.78 is 4.74. The van der Waals surface area contributed by atoms with Crippen molar-refractivity contribution in [2.75, 3.05) is 0 Å². The minimum absolute atomic E-state index is 0.557. The first-order chi connectivity index (χ1) is 30.8. The Hall–Kier alpha value is -8.41. The largest absolute Gasteiger partial charge is 0.307 e. The lowest BCUT2D eigenvalue weighted by Crippen LogP contribution is -2.06. The minimum atomic E-state index is 0.557. The third kappa shape index (κ3) is 5.82. The first-order valence-electron chi connectivity index (χ1n) is 21.0. The molecule has 0 saturated carbocycles. The second-order valence-electron chi connectivity index (χ2n) is 15.6. The highest BCUT2D eigenvalue weighted by Crippen LogP contribution is 2.45. The van der Waals surface area contributed by atoms with Gasteiger partial charge in [-0.05, 0) is 46.5 Å². The van der Waals surface area contributed by atoms with Gasteiger partial charge in [-0.3, -0.25) is 4.57 Å². The van der Waals surface area contributed by atoms with Crippen LogP contribution in [0.1, 0.15) is 0 Å². The molecule has 0 aliphatic rings. The fraction of sp³-hybridized carbons (Fsp3) is 0. The lowest BCUT2D eigenvalue weighted by Gasteiger charge is -2.19. The first-order valence-corrected chi connectivity index (χ1v) is 21.0. The van der Waals surface area contributed by atoms with E-state index < -0.39 is 0 Å². The third-order valence-electron chi connectivity index (χ3n) is 12.0. The fourth-order valence-corrected chi connectivity index (χ4v) is 9.22. The number of para-hydroxylation sites is 3. The van der Waals surface area contributed by atoms with Gasteiger partial charge < -0.3 is 4.57 Å². The lowest BCUT2D eigenvalue weighted by molar-refractivity contribution is 0.953. The molecule has 0 atom stereocenters. The van der Waals surface area contributed by atoms with Gasteiger partial charge in [0.1, 0.15) is 0 Å². The van der Waals surface area contributed by atoms with E-state index in [0.717, 1.165) is 83.0 Å². The predicted molar refractivity (Wildman–Crippen MR) is 256 cm³/mol. The normalized spacial score (nSPS) is 11.5. The molecule has 0 fully saturated rings. The maximum Gasteiger partial charge on any atom is 0.238 e. The van der Waals surface area contributed by atoms with Crippen LogP contribution in [0.3, 0.4) is 0 Å². The van der Waals surface area contributed by atoms with E-state index in [2.05, 4.69) is 209 Å². The maximum atomic E-state index is 5.35. The summed E-state index contributed by atoms with van der Waals surface area (Å²) in [7, 11) is 0. The number of aromatic nitrogens is 5. The monoisotopic (exact) mass is 791 g/mol. The molecule has 9 aromatic carbocycles. The molecule has 0 N–H and O–H groups in total. The molecule has 3 heterocycles. The molecule has 12 rings (SSSR count). The van der Waals surface area contributed by atoms with Gasteiger partial charge in [0, 0.05) is 43.8 Å². The highest BCUT2D eigenvalue weighted by atomic mass is 15.2. The molecule has 0 radical (unpaired) electrons. The molecule has 0 aliphatic carbocycles. The number of hydrogen-bond acceptors (Lipinski definition) is 3. The molecule has 5 heteroatoms. The fourth-order valence-electron chi connectivity index (χ4n) is 9.22. The molecule has 0 amide bonds. The summed E-state index contributed by atoms with van der Waals surface area (Å²) in [6.07, 6.45) is 0. The SMILES string of the molecule is c1ccc(-c2cccc(-c3nc(-c4ccccc4)nc(-n4c5ccccc5c5c4ccc4c6ccccc6n(-c6c(-c7ccccc7)cccc6-c6ccccc6)c45)n3)c2)cc1. The summed E-state index contributed by atoms with van der Waals surface area (Å²) in [5.74, 6) is 1.78. The summed E-state index contributed by atoms with van der Waals surface area (Å²) in [5, 5.41) is 4.61. The van der Waals surface area contributed by atoms with Gasteiger partial charge in [-0.15, -0.1) is 0 Å². The highest BCUT2D eigenvalue weighted by molar-refractivity contribution is 6.26. The molecular weight excluding hydrogens is 755 g/mol. The van der Waals surface area contributed by atoms with Crippen LogP contribution < -0.4 is 0 Å². The zero-order chi connectivity index (χ0) is 41.0. The molecule has 290 valence electrons. The van der Waals surface area contributed by atoms with Gasteiger partial charge in [0.05, 0.1) is 27.8 Å². The molecule has 5 nitrogen and oxygen atoms in total. The van der Waals surface area contributed by atoms with Gasteiger partial charge >= 0.3 is 0 Å². The van der Waals surface area contributed by atoms with E-state index in [1.54, 1.807) is 0 Å². The maximum absolute atomic E-state index is 5.35. The summed E-state index contributed by atoms with van der Waals surface area (Å²) in [6, 6.07) is 79.3. The predicted octanol–water partition coefficient (Wildman–Crippen LogP) is 14.4. The van der Waals surface area contributed by atoms with Crippen molar-refractivity contribution in [1.29, 1.82) is 0 Å². The van der Waals surface area contributed by atoms with E-state index in [1.165, 1.54) is 10.8 Å². The average molecular weight is 792 g/mol. The van der Waals surface area contributed by atoms with Crippen molar-refractivity contribution in [3.05, 3.63) is 224 Å². The molecular formula is C57H37N5. The molecule has 0 aliphatic heterocycles. The lowest BCUT2D eigenvalue weighted by atomic mass is 9.95. The van der Waals surface area contributed by atoms with E-state index in [9.17, 15) is 0 Å². The van der Waals surface area contributed by atoms with E-state index >= 15 is 0 Å². The van der Waals surface area contributed by atoms with Crippen LogP contribution in [0, 0.1) is 0 Å². The first kappa shape index (κ1) is 35.5. The summed E-state index contributed by atoms with van der Waals surface area (Å²) in [5.41, 5.74) is 14.1. The Kier molecular flexibility index (Phi) is 8.42. The summed E-state index contributed by atoms with van der Waals surface area (Å²) >= 11 is 0. The number of fused-ring (bicyclic) bond motifs is 7. The second kappa shape index (κ2) is 14.7. The van der Waals surface area contributed by atoms with Crippen LogP contribution in [0.2, 0.25) is 0 Å². The topological polar surface area (TPSA) is 48.5 Å². The van der Waals surface area contributed by atoms with Gasteiger partial charge in [-0.25, -0.2) is 4.98 Å². The zero-order valence-corrected chi connectivity index (χ0v) is 33.6. The molecule has 62 heavy (non-hydrogen) atoms. The van der Waals surface area contributed by atoms with E-state index in [4.69, 9.17) is 15.0 Å². The highest BCUT2D eigenvalue weighted by Gasteiger charge is 2.25. The van der Waals surface area contributed by atoms with Crippen molar-refractivity contribution in [3.8, 4) is 67.8 Å². The quantitative estimate of drug-likeness (QED) is 0.162. The smallest absolute Gasteiger partial charge is 0.238 e. The number of hydrogen-bond donors (Lipinski definition) is 0. The van der Waals surface area contributed by atoms with Crippen LogP contribution in [0.15, 0.2) is 224 Å². The van der Waals surface area contributed by atoms with Crippen LogP contribution in [-0.4, -0.2) is 24.1 Å². The Morgan fingerprint density at radius 2 is 0.774 bits per heavy atom. The molecule has 0 unspecified atom stereocenters. The van der Waals surface area contributed by atoms with Gasteiger partial charge in [0.15, 0.2) is 11.6 Å². The van der Waals surface area contributed by atoms with Gasteiger partial charge in [-0.1, -0.05) is 200 Å². The van der Waals surface area contributed by atoms with Crippen LogP contribution in [0.4, 0.5) is 0 Å². The Balaban J connectivity index is 1.19. The van der Waals surface area contributed by atoms with Gasteiger partial charge in [0.2, 0.25) is 5.95 Å². The Labute approximate surface area is 358 Å². The Morgan fingerprint density at radius 1 is 0.290 bits per heavy atom. The standard InChI is InChI=1S/C57H37N5/c1-5-19-38(20-6-1)42-27-17-28-43(37-42)56-58-55(41-25-11-4-12-26-41)59-57(60-56)61-50-34-16-14-30-48(50)52-51(61)36-35-47-46-29-13-15-33-49(46)62(54(47)52)53-44(39-21-7-2-8-22-39)31-18-32-45(53)40-23-9-3-10-24-40/h1-37H. The third-order valence-corrected chi connectivity index (χ3v) is 12.0. The Bertz CT molecular complexity index is 3550. The molecule has 0 spiro atoms. The van der Waals surface area contributed by atoms with Crippen LogP contribution in [0.25, 0.3) is 111 Å². The summed E-state index contributed by atoms with van der Waals surface area (Å²) in [6.45, 7) is 0. The van der Waals surface area contributed by atoms with Gasteiger partial charge in [0.25, 0.3) is 0 Å². The zero-order valence-electron chi connectivity index (χ0n) is 33.6. The van der Waals surface area contributed by atoms with Gasteiger partial charge in [-0.2, -0.15) is 9.97 Å². The van der Waals surface area contributed by atoms with Crippen molar-refractivity contribution in [2.24, 2.45) is 0 Å².